The van der Waals surface area contributed by atoms with E-state index in [0.29, 0.717) is 41.4 Å². The van der Waals surface area contributed by atoms with E-state index in [9.17, 15) is 0 Å². The number of hydrogen-bond acceptors (Lipinski definition) is 0. The van der Waals surface area contributed by atoms with Crippen molar-refractivity contribution in [3.8, 4) is 0 Å². The number of unbranched alkanes of at least 4 members (excludes halogenated alkanes) is 4. The molecule has 0 fully saturated rings. The van der Waals surface area contributed by atoms with E-state index in [0.717, 1.165) is 38.5 Å². The summed E-state index contributed by atoms with van der Waals surface area (Å²) in [7, 11) is -2.82. The van der Waals surface area contributed by atoms with Crippen LogP contribution >= 0.6 is 0 Å². The van der Waals surface area contributed by atoms with Crippen LogP contribution in [0.1, 0.15) is 120 Å². The van der Waals surface area contributed by atoms with Gasteiger partial charge < -0.3 is 0 Å². The third kappa shape index (κ3) is 11.9. The fraction of sp³-hybridized carbons (Fsp3) is 1.00. The summed E-state index contributed by atoms with van der Waals surface area (Å²) in [6.45, 7) is 3.18. The summed E-state index contributed by atoms with van der Waals surface area (Å²) in [6.07, 6.45) is 12.6. The molecule has 0 aliphatic carbocycles. The van der Waals surface area contributed by atoms with Gasteiger partial charge in [-0.3, -0.25) is 0 Å². The second-order valence-corrected chi connectivity index (χ2v) is 18.9. The minimum absolute atomic E-state index is 0.531. The zero-order valence-corrected chi connectivity index (χ0v) is 20.7. The van der Waals surface area contributed by atoms with E-state index < -0.39 is 16.1 Å². The summed E-state index contributed by atoms with van der Waals surface area (Å²) in [4.78, 5) is 0. The molecule has 0 atom stereocenters. The Bertz CT molecular complexity index is 335. The summed E-state index contributed by atoms with van der Waals surface area (Å²) in [5.41, 5.74) is 0. The Kier molecular flexibility index (Phi) is 11.7. The molecule has 0 rings (SSSR count). The van der Waals surface area contributed by atoms with Crippen molar-refractivity contribution in [1.82, 2.24) is 0 Å². The normalized spacial score (nSPS) is 15.6. The Hall–Kier alpha value is 0.434. The fourth-order valence-electron chi connectivity index (χ4n) is 5.28. The first-order valence-corrected chi connectivity index (χ1v) is 17.5. The smallest absolute Gasteiger partial charge is 0.0535 e. The second-order valence-electron chi connectivity index (χ2n) is 8.89. The lowest BCUT2D eigenvalue weighted by atomic mass is 10.2. The first kappa shape index (κ1) is 18.2. The Labute approximate surface area is 185 Å². The molecule has 0 N–H and O–H groups in total. The van der Waals surface area contributed by atoms with Crippen molar-refractivity contribution in [2.45, 2.75) is 160 Å². The predicted octanol–water partition coefficient (Wildman–Crippen LogP) is 10.3. The van der Waals surface area contributed by atoms with Gasteiger partial charge in [-0.1, -0.05) is 160 Å². The Morgan fingerprint density at radius 2 is 0.630 bits per heavy atom. The minimum atomic E-state index is -1.41. The topological polar surface area (TPSA) is 0 Å². The molecule has 0 bridgehead atoms. The molecule has 0 aromatic rings. The van der Waals surface area contributed by atoms with Crippen LogP contribution in [-0.2, 0) is 0 Å². The standard InChI is InChI=1S/C25H56Si2/c1-7-18-26(19-8-2,20-9-3)24-16-14-13-15-17-25-27(21-10-4,22-11-5)23-12-6/h7-25H2,1-6H3/i1T,2T,3T,4T,5T,6T. The third-order valence-electron chi connectivity index (χ3n) is 6.66. The Balaban J connectivity index is 4.60. The van der Waals surface area contributed by atoms with E-state index >= 15 is 0 Å². The van der Waals surface area contributed by atoms with Gasteiger partial charge in [-0.05, 0) is 0 Å². The van der Waals surface area contributed by atoms with Crippen LogP contribution < -0.4 is 0 Å². The number of rotatable bonds is 20. The highest BCUT2D eigenvalue weighted by Gasteiger charge is 2.30. The van der Waals surface area contributed by atoms with Crippen LogP contribution in [0, 0.1) is 0 Å². The lowest BCUT2D eigenvalue weighted by Crippen LogP contribution is -2.33. The van der Waals surface area contributed by atoms with Crippen LogP contribution in [0.5, 0.6) is 0 Å². The van der Waals surface area contributed by atoms with E-state index in [1.165, 1.54) is 80.5 Å². The molecule has 0 radical (unpaired) electrons. The van der Waals surface area contributed by atoms with Crippen molar-refractivity contribution in [3.63, 3.8) is 0 Å². The Morgan fingerprint density at radius 1 is 0.370 bits per heavy atom. The Morgan fingerprint density at radius 3 is 0.889 bits per heavy atom. The van der Waals surface area contributed by atoms with Gasteiger partial charge in [-0.25, -0.2) is 0 Å². The van der Waals surface area contributed by atoms with Crippen molar-refractivity contribution >= 4 is 16.1 Å². The lowest BCUT2D eigenvalue weighted by Gasteiger charge is -2.32. The van der Waals surface area contributed by atoms with Crippen molar-refractivity contribution < 1.29 is 8.22 Å². The average molecular weight is 425 g/mol. The van der Waals surface area contributed by atoms with Gasteiger partial charge in [0.1, 0.15) is 0 Å². The highest BCUT2D eigenvalue weighted by molar-refractivity contribution is 6.80. The van der Waals surface area contributed by atoms with Gasteiger partial charge in [0.15, 0.2) is 0 Å². The molecular formula is C25H56Si2. The molecule has 0 aromatic carbocycles. The van der Waals surface area contributed by atoms with Crippen LogP contribution in [-0.4, -0.2) is 16.1 Å². The molecule has 0 aliphatic heterocycles. The fourth-order valence-corrected chi connectivity index (χ4v) is 14.8. The van der Waals surface area contributed by atoms with Gasteiger partial charge >= 0.3 is 0 Å². The summed E-state index contributed by atoms with van der Waals surface area (Å²) in [5.74, 6) is 0. The maximum atomic E-state index is 7.62. The first-order chi connectivity index (χ1) is 16.1. The summed E-state index contributed by atoms with van der Waals surface area (Å²) in [5, 5.41) is 0. The summed E-state index contributed by atoms with van der Waals surface area (Å²) in [6, 6.07) is 10.2. The van der Waals surface area contributed by atoms with E-state index in [4.69, 9.17) is 8.22 Å². The van der Waals surface area contributed by atoms with Crippen LogP contribution in [0.15, 0.2) is 0 Å². The van der Waals surface area contributed by atoms with Crippen LogP contribution in [0.4, 0.5) is 0 Å². The molecule has 0 amide bonds. The maximum absolute atomic E-state index is 7.62. The van der Waals surface area contributed by atoms with Crippen molar-refractivity contribution in [1.29, 1.82) is 0 Å². The van der Waals surface area contributed by atoms with Gasteiger partial charge in [-0.2, -0.15) is 0 Å². The molecule has 0 spiro atoms. The molecule has 0 nitrogen and oxygen atoms in total. The van der Waals surface area contributed by atoms with E-state index in [1.807, 2.05) is 0 Å². The third-order valence-corrected chi connectivity index (χ3v) is 18.0. The first-order valence-electron chi connectivity index (χ1n) is 16.1. The summed E-state index contributed by atoms with van der Waals surface area (Å²) < 4.78 is 45.7. The van der Waals surface area contributed by atoms with E-state index in [2.05, 4.69) is 0 Å². The monoisotopic (exact) mass is 424 g/mol. The van der Waals surface area contributed by atoms with Crippen molar-refractivity contribution in [2.75, 3.05) is 0 Å². The van der Waals surface area contributed by atoms with Gasteiger partial charge in [0.25, 0.3) is 0 Å². The van der Waals surface area contributed by atoms with Gasteiger partial charge in [0.05, 0.1) is 16.1 Å². The zero-order chi connectivity index (χ0) is 24.7. The van der Waals surface area contributed by atoms with Crippen LogP contribution in [0.2, 0.25) is 48.4 Å². The van der Waals surface area contributed by atoms with Crippen molar-refractivity contribution in [2.24, 2.45) is 0 Å². The molecule has 0 saturated carbocycles. The molecule has 0 saturated heterocycles. The zero-order valence-electron chi connectivity index (χ0n) is 24.7. The SMILES string of the molecule is [3H]CCC[Si](CCC[3H])(CCC[3H])CCCCCCC[Si](CCC[3H])(CCC[3H])CCC[3H]. The molecule has 0 aliphatic rings. The molecule has 27 heavy (non-hydrogen) atoms. The summed E-state index contributed by atoms with van der Waals surface area (Å²) >= 11 is 0. The highest BCUT2D eigenvalue weighted by atomic mass is 28.3. The second kappa shape index (κ2) is 17.3. The van der Waals surface area contributed by atoms with Gasteiger partial charge in [0.2, 0.25) is 0 Å². The average Bonchev–Trinajstić information content (AvgIpc) is 2.84. The quantitative estimate of drug-likeness (QED) is 0.135. The van der Waals surface area contributed by atoms with Crippen molar-refractivity contribution in [3.05, 3.63) is 0 Å². The molecular weight excluding hydrogens is 356 g/mol. The molecule has 164 valence electrons. The molecule has 0 aromatic heterocycles. The van der Waals surface area contributed by atoms with Crippen LogP contribution in [0.25, 0.3) is 0 Å². The van der Waals surface area contributed by atoms with Gasteiger partial charge in [-0.15, -0.1) is 0 Å². The van der Waals surface area contributed by atoms with Crippen LogP contribution in [0.3, 0.4) is 0 Å². The predicted molar refractivity (Wildman–Crippen MR) is 135 cm³/mol. The molecule has 0 unspecified atom stereocenters. The largest absolute Gasteiger partial charge is 0.0657 e. The number of hydrogen-bond donors (Lipinski definition) is 0. The minimum Gasteiger partial charge on any atom is -0.0657 e. The molecule has 0 heterocycles. The highest BCUT2D eigenvalue weighted by Crippen LogP contribution is 2.34. The van der Waals surface area contributed by atoms with Gasteiger partial charge in [0, 0.05) is 8.22 Å². The van der Waals surface area contributed by atoms with E-state index in [-0.39, 0.29) is 0 Å². The lowest BCUT2D eigenvalue weighted by molar-refractivity contribution is 0.643. The molecule has 2 heteroatoms. The maximum Gasteiger partial charge on any atom is 0.0535 e. The van der Waals surface area contributed by atoms with E-state index in [1.54, 1.807) is 0 Å².